The SMILES string of the molecule is Cc1ccccc1NC(=O)COc1ccc(/C=N/NC(=O)CSc2nc3ccccc3s2)cc1. The zero-order chi connectivity index (χ0) is 23.8. The summed E-state index contributed by atoms with van der Waals surface area (Å²) in [6.45, 7) is 1.84. The minimum absolute atomic E-state index is 0.0931. The van der Waals surface area contributed by atoms with Crippen LogP contribution in [-0.4, -0.2) is 35.4 Å². The Morgan fingerprint density at radius 3 is 2.59 bits per heavy atom. The third kappa shape index (κ3) is 6.66. The molecule has 4 rings (SSSR count). The number of nitrogens with zero attached hydrogens (tertiary/aromatic N) is 2. The van der Waals surface area contributed by atoms with E-state index in [1.165, 1.54) is 11.8 Å². The molecule has 0 spiro atoms. The number of fused-ring (bicyclic) bond motifs is 1. The molecule has 0 saturated carbocycles. The molecule has 4 aromatic rings. The Labute approximate surface area is 205 Å². The number of ether oxygens (including phenoxy) is 1. The van der Waals surface area contributed by atoms with Gasteiger partial charge in [0.15, 0.2) is 10.9 Å². The van der Waals surface area contributed by atoms with Gasteiger partial charge >= 0.3 is 0 Å². The molecule has 2 amide bonds. The van der Waals surface area contributed by atoms with Crippen molar-refractivity contribution in [1.82, 2.24) is 10.4 Å². The molecule has 0 fully saturated rings. The first-order valence-corrected chi connectivity index (χ1v) is 12.3. The topological polar surface area (TPSA) is 92.7 Å². The molecule has 0 aliphatic heterocycles. The van der Waals surface area contributed by atoms with E-state index in [2.05, 4.69) is 20.8 Å². The van der Waals surface area contributed by atoms with Crippen molar-refractivity contribution in [3.8, 4) is 5.75 Å². The first kappa shape index (κ1) is 23.5. The third-order valence-electron chi connectivity index (χ3n) is 4.67. The fraction of sp³-hybridized carbons (Fsp3) is 0.120. The molecule has 0 aliphatic rings. The second kappa shape index (κ2) is 11.4. The molecule has 0 saturated heterocycles. The van der Waals surface area contributed by atoms with Crippen molar-refractivity contribution in [2.45, 2.75) is 11.3 Å². The molecular formula is C25H22N4O3S2. The lowest BCUT2D eigenvalue weighted by Crippen LogP contribution is -2.20. The number of carbonyl (C=O) groups is 2. The van der Waals surface area contributed by atoms with E-state index in [0.717, 1.165) is 31.4 Å². The van der Waals surface area contributed by atoms with E-state index < -0.39 is 0 Å². The number of para-hydroxylation sites is 2. The van der Waals surface area contributed by atoms with E-state index in [4.69, 9.17) is 4.74 Å². The molecule has 3 aromatic carbocycles. The number of thiazole rings is 1. The number of carbonyl (C=O) groups excluding carboxylic acids is 2. The van der Waals surface area contributed by atoms with Gasteiger partial charge in [0, 0.05) is 5.69 Å². The second-order valence-corrected chi connectivity index (χ2v) is 9.50. The lowest BCUT2D eigenvalue weighted by Gasteiger charge is -2.09. The third-order valence-corrected chi connectivity index (χ3v) is 6.85. The Balaban J connectivity index is 1.19. The van der Waals surface area contributed by atoms with Crippen molar-refractivity contribution in [2.75, 3.05) is 17.7 Å². The van der Waals surface area contributed by atoms with Crippen LogP contribution in [0.3, 0.4) is 0 Å². The molecule has 0 atom stereocenters. The van der Waals surface area contributed by atoms with Gasteiger partial charge in [-0.25, -0.2) is 10.4 Å². The summed E-state index contributed by atoms with van der Waals surface area (Å²) in [5.74, 6) is 0.356. The minimum Gasteiger partial charge on any atom is -0.484 e. The maximum atomic E-state index is 12.1. The van der Waals surface area contributed by atoms with Crippen LogP contribution in [-0.2, 0) is 9.59 Å². The fourth-order valence-corrected chi connectivity index (χ4v) is 4.81. The first-order chi connectivity index (χ1) is 16.6. The molecule has 1 heterocycles. The monoisotopic (exact) mass is 490 g/mol. The van der Waals surface area contributed by atoms with Crippen LogP contribution in [0.2, 0.25) is 0 Å². The Hall–Kier alpha value is -3.69. The van der Waals surface area contributed by atoms with Gasteiger partial charge in [-0.3, -0.25) is 9.59 Å². The summed E-state index contributed by atoms with van der Waals surface area (Å²) >= 11 is 2.95. The fourth-order valence-electron chi connectivity index (χ4n) is 2.95. The molecule has 0 unspecified atom stereocenters. The van der Waals surface area contributed by atoms with Crippen LogP contribution >= 0.6 is 23.1 Å². The summed E-state index contributed by atoms with van der Waals surface area (Å²) in [4.78, 5) is 28.6. The van der Waals surface area contributed by atoms with Crippen LogP contribution in [0.5, 0.6) is 5.75 Å². The van der Waals surface area contributed by atoms with Gasteiger partial charge in [-0.2, -0.15) is 5.10 Å². The molecule has 0 aliphatic carbocycles. The van der Waals surface area contributed by atoms with Gasteiger partial charge in [0.2, 0.25) is 0 Å². The zero-order valence-electron chi connectivity index (χ0n) is 18.4. The first-order valence-electron chi connectivity index (χ1n) is 10.5. The number of anilines is 1. The number of aromatic nitrogens is 1. The Kier molecular flexibility index (Phi) is 7.90. The summed E-state index contributed by atoms with van der Waals surface area (Å²) in [7, 11) is 0. The number of benzene rings is 3. The smallest absolute Gasteiger partial charge is 0.262 e. The van der Waals surface area contributed by atoms with E-state index >= 15 is 0 Å². The van der Waals surface area contributed by atoms with Crippen molar-refractivity contribution in [2.24, 2.45) is 5.10 Å². The minimum atomic E-state index is -0.230. The van der Waals surface area contributed by atoms with Crippen molar-refractivity contribution >= 4 is 57.0 Å². The number of thioether (sulfide) groups is 1. The molecule has 172 valence electrons. The van der Waals surface area contributed by atoms with Gasteiger partial charge in [-0.15, -0.1) is 11.3 Å². The predicted octanol–water partition coefficient (Wildman–Crippen LogP) is 4.86. The quantitative estimate of drug-likeness (QED) is 0.198. The van der Waals surface area contributed by atoms with E-state index in [9.17, 15) is 9.59 Å². The van der Waals surface area contributed by atoms with Crippen LogP contribution in [0.4, 0.5) is 5.69 Å². The van der Waals surface area contributed by atoms with Crippen LogP contribution in [0.1, 0.15) is 11.1 Å². The summed E-state index contributed by atoms with van der Waals surface area (Å²) in [6, 6.07) is 22.5. The maximum Gasteiger partial charge on any atom is 0.262 e. The highest BCUT2D eigenvalue weighted by atomic mass is 32.2. The van der Waals surface area contributed by atoms with Crippen molar-refractivity contribution in [3.63, 3.8) is 0 Å². The molecule has 0 bridgehead atoms. The van der Waals surface area contributed by atoms with Crippen LogP contribution in [0.25, 0.3) is 10.2 Å². The van der Waals surface area contributed by atoms with Crippen molar-refractivity contribution < 1.29 is 14.3 Å². The largest absolute Gasteiger partial charge is 0.484 e. The number of hydrogen-bond donors (Lipinski definition) is 2. The van der Waals surface area contributed by atoms with E-state index in [1.54, 1.807) is 41.8 Å². The lowest BCUT2D eigenvalue weighted by atomic mass is 10.2. The van der Waals surface area contributed by atoms with Gasteiger partial charge in [0.25, 0.3) is 11.8 Å². The Morgan fingerprint density at radius 1 is 1.03 bits per heavy atom. The molecule has 9 heteroatoms. The number of amides is 2. The predicted molar refractivity (Wildman–Crippen MR) is 138 cm³/mol. The molecule has 0 radical (unpaired) electrons. The summed E-state index contributed by atoms with van der Waals surface area (Å²) < 4.78 is 7.49. The van der Waals surface area contributed by atoms with Crippen LogP contribution in [0, 0.1) is 6.92 Å². The molecule has 2 N–H and O–H groups in total. The number of hydrogen-bond acceptors (Lipinski definition) is 7. The van der Waals surface area contributed by atoms with Gasteiger partial charge in [0.1, 0.15) is 5.75 Å². The molecule has 7 nitrogen and oxygen atoms in total. The maximum absolute atomic E-state index is 12.1. The van der Waals surface area contributed by atoms with Crippen molar-refractivity contribution in [3.05, 3.63) is 83.9 Å². The summed E-state index contributed by atoms with van der Waals surface area (Å²) in [6.07, 6.45) is 1.55. The molecule has 1 aromatic heterocycles. The van der Waals surface area contributed by atoms with E-state index in [1.807, 2.05) is 55.5 Å². The van der Waals surface area contributed by atoms with Crippen molar-refractivity contribution in [1.29, 1.82) is 0 Å². The number of hydrazone groups is 1. The highest BCUT2D eigenvalue weighted by molar-refractivity contribution is 8.01. The van der Waals surface area contributed by atoms with E-state index in [0.29, 0.717) is 5.75 Å². The summed E-state index contributed by atoms with van der Waals surface area (Å²) in [5, 5.41) is 6.82. The number of nitrogens with one attached hydrogen (secondary N) is 2. The zero-order valence-corrected chi connectivity index (χ0v) is 20.0. The highest BCUT2D eigenvalue weighted by Crippen LogP contribution is 2.29. The second-order valence-electron chi connectivity index (χ2n) is 7.25. The lowest BCUT2D eigenvalue weighted by molar-refractivity contribution is -0.119. The van der Waals surface area contributed by atoms with Gasteiger partial charge in [-0.05, 0) is 60.5 Å². The van der Waals surface area contributed by atoms with Gasteiger partial charge in [0.05, 0.1) is 22.2 Å². The summed E-state index contributed by atoms with van der Waals surface area (Å²) in [5.41, 5.74) is 6.00. The number of aryl methyl sites for hydroxylation is 1. The van der Waals surface area contributed by atoms with E-state index in [-0.39, 0.29) is 24.2 Å². The van der Waals surface area contributed by atoms with Crippen LogP contribution < -0.4 is 15.5 Å². The molecular weight excluding hydrogens is 468 g/mol. The average Bonchev–Trinajstić information content (AvgIpc) is 3.27. The average molecular weight is 491 g/mol. The Morgan fingerprint density at radius 2 is 1.79 bits per heavy atom. The van der Waals surface area contributed by atoms with Gasteiger partial charge < -0.3 is 10.1 Å². The van der Waals surface area contributed by atoms with Gasteiger partial charge in [-0.1, -0.05) is 42.1 Å². The molecule has 34 heavy (non-hydrogen) atoms. The highest BCUT2D eigenvalue weighted by Gasteiger charge is 2.07. The Bertz CT molecular complexity index is 1290. The standard InChI is InChI=1S/C25H22N4O3S2/c1-17-6-2-3-7-20(17)27-23(30)15-32-19-12-10-18(11-13-19)14-26-29-24(31)16-33-25-28-21-8-4-5-9-22(21)34-25/h2-14H,15-16H2,1H3,(H,27,30)(H,29,31)/b26-14+. The number of rotatable bonds is 9. The van der Waals surface area contributed by atoms with Crippen LogP contribution in [0.15, 0.2) is 82.2 Å². The normalized spacial score (nSPS) is 11.0.